The maximum absolute atomic E-state index is 12.5. The summed E-state index contributed by atoms with van der Waals surface area (Å²) in [5.74, 6) is -1.18. The van der Waals surface area contributed by atoms with Gasteiger partial charge in [-0.3, -0.25) is 4.79 Å². The predicted molar refractivity (Wildman–Crippen MR) is 108 cm³/mol. The van der Waals surface area contributed by atoms with Gasteiger partial charge in [0.2, 0.25) is 5.75 Å². The van der Waals surface area contributed by atoms with Crippen molar-refractivity contribution in [2.75, 3.05) is 0 Å². The first-order valence-corrected chi connectivity index (χ1v) is 9.27. The number of phenolic OH excluding ortho intramolecular Hbond substituents is 1. The van der Waals surface area contributed by atoms with E-state index < -0.39 is 17.3 Å². The lowest BCUT2D eigenvalue weighted by Gasteiger charge is -2.22. The molecule has 8 heteroatoms. The fourth-order valence-electron chi connectivity index (χ4n) is 3.64. The lowest BCUT2D eigenvalue weighted by atomic mass is 9.84. The van der Waals surface area contributed by atoms with Crippen LogP contribution in [0.1, 0.15) is 46.3 Å². The summed E-state index contributed by atoms with van der Waals surface area (Å²) >= 11 is 0. The van der Waals surface area contributed by atoms with E-state index in [1.165, 1.54) is 12.1 Å². The lowest BCUT2D eigenvalue weighted by Crippen LogP contribution is -2.17. The Labute approximate surface area is 166 Å². The fraction of sp³-hybridized carbons (Fsp3) is 0.429. The molecule has 0 aliphatic heterocycles. The van der Waals surface area contributed by atoms with Gasteiger partial charge in [-0.1, -0.05) is 27.7 Å². The predicted octanol–water partition coefficient (Wildman–Crippen LogP) is 5.32. The van der Waals surface area contributed by atoms with Crippen molar-refractivity contribution in [3.05, 3.63) is 33.2 Å². The van der Waals surface area contributed by atoms with Gasteiger partial charge in [0.15, 0.2) is 17.0 Å². The first kappa shape index (κ1) is 20.6. The van der Waals surface area contributed by atoms with Gasteiger partial charge < -0.3 is 18.7 Å². The van der Waals surface area contributed by atoms with Crippen molar-refractivity contribution in [1.29, 1.82) is 0 Å². The number of carbonyl (C=O) groups is 1. The van der Waals surface area contributed by atoms with Crippen LogP contribution in [0, 0.1) is 23.2 Å². The summed E-state index contributed by atoms with van der Waals surface area (Å²) in [6.45, 7) is 9.74. The minimum Gasteiger partial charge on any atom is -0.503 e. The summed E-state index contributed by atoms with van der Waals surface area (Å²) in [6, 6.07) is 2.70. The number of carbonyl (C=O) groups excluding carboxylic acids is 1. The van der Waals surface area contributed by atoms with Crippen LogP contribution >= 0.6 is 0 Å². The first-order valence-electron chi connectivity index (χ1n) is 9.27. The number of furan rings is 1. The molecular formula is C21H23NO7. The van der Waals surface area contributed by atoms with Crippen LogP contribution in [0.3, 0.4) is 0 Å². The van der Waals surface area contributed by atoms with Gasteiger partial charge in [-0.25, -0.2) is 4.79 Å². The number of benzene rings is 1. The van der Waals surface area contributed by atoms with Crippen LogP contribution in [0.15, 0.2) is 30.9 Å². The molecule has 0 fully saturated rings. The van der Waals surface area contributed by atoms with Crippen LogP contribution in [0.2, 0.25) is 0 Å². The number of hydrogen-bond donors (Lipinski definition) is 1. The molecule has 1 aromatic carbocycles. The highest BCUT2D eigenvalue weighted by atomic mass is 16.5. The normalized spacial score (nSPS) is 13.0. The smallest absolute Gasteiger partial charge is 0.347 e. The van der Waals surface area contributed by atoms with Crippen LogP contribution in [-0.2, 0) is 4.79 Å². The minimum atomic E-state index is -0.669. The summed E-state index contributed by atoms with van der Waals surface area (Å²) in [5.41, 5.74) is -0.835. The molecule has 0 aliphatic rings. The Kier molecular flexibility index (Phi) is 5.21. The molecule has 3 rings (SSSR count). The van der Waals surface area contributed by atoms with E-state index in [1.807, 2.05) is 6.92 Å². The number of phenols is 1. The number of aromatic hydroxyl groups is 1. The molecule has 0 aliphatic carbocycles. The number of esters is 1. The highest BCUT2D eigenvalue weighted by Gasteiger charge is 2.26. The Hall–Kier alpha value is -3.16. The molecule has 0 bridgehead atoms. The van der Waals surface area contributed by atoms with Gasteiger partial charge in [-0.05, 0) is 35.9 Å². The molecule has 0 spiro atoms. The largest absolute Gasteiger partial charge is 0.503 e. The van der Waals surface area contributed by atoms with E-state index >= 15 is 0 Å². The molecule has 8 nitrogen and oxygen atoms in total. The number of rotatable bonds is 5. The van der Waals surface area contributed by atoms with E-state index in [4.69, 9.17) is 13.6 Å². The third-order valence-electron chi connectivity index (χ3n) is 4.50. The number of aryl methyl sites for hydroxylation is 1. The van der Waals surface area contributed by atoms with Gasteiger partial charge >= 0.3 is 11.6 Å². The Morgan fingerprint density at radius 2 is 1.97 bits per heavy atom. The molecule has 1 atom stereocenters. The molecule has 29 heavy (non-hydrogen) atoms. The van der Waals surface area contributed by atoms with Gasteiger partial charge in [0, 0.05) is 17.9 Å². The molecule has 2 aromatic heterocycles. The number of nitroso groups, excluding NO2 is 1. The van der Waals surface area contributed by atoms with Crippen molar-refractivity contribution in [3.63, 3.8) is 0 Å². The zero-order chi connectivity index (χ0) is 21.5. The zero-order valence-electron chi connectivity index (χ0n) is 17.0. The molecule has 0 saturated carbocycles. The van der Waals surface area contributed by atoms with Crippen LogP contribution < -0.4 is 10.4 Å². The zero-order valence-corrected chi connectivity index (χ0v) is 17.0. The van der Waals surface area contributed by atoms with Crippen molar-refractivity contribution in [3.8, 4) is 11.5 Å². The number of ether oxygens (including phenoxy) is 1. The Balaban J connectivity index is 2.08. The van der Waals surface area contributed by atoms with Gasteiger partial charge in [0.1, 0.15) is 16.7 Å². The third-order valence-corrected chi connectivity index (χ3v) is 4.50. The second-order valence-electron chi connectivity index (χ2n) is 8.58. The number of fused-ring (bicyclic) bond motifs is 3. The van der Waals surface area contributed by atoms with Crippen molar-refractivity contribution in [1.82, 2.24) is 0 Å². The highest BCUT2D eigenvalue weighted by Crippen LogP contribution is 2.46. The van der Waals surface area contributed by atoms with Gasteiger partial charge in [-0.2, -0.15) is 0 Å². The quantitative estimate of drug-likeness (QED) is 0.349. The minimum absolute atomic E-state index is 0.0281. The molecule has 1 N–H and O–H groups in total. The van der Waals surface area contributed by atoms with Crippen LogP contribution in [0.5, 0.6) is 11.5 Å². The molecule has 0 radical (unpaired) electrons. The summed E-state index contributed by atoms with van der Waals surface area (Å²) in [6.07, 6.45) is 0.906. The molecule has 0 amide bonds. The van der Waals surface area contributed by atoms with Crippen LogP contribution in [-0.4, -0.2) is 11.1 Å². The maximum atomic E-state index is 12.5. The van der Waals surface area contributed by atoms with E-state index in [-0.39, 0.29) is 51.1 Å². The summed E-state index contributed by atoms with van der Waals surface area (Å²) in [7, 11) is 0. The Morgan fingerprint density at radius 1 is 1.28 bits per heavy atom. The molecular weight excluding hydrogens is 378 g/mol. The summed E-state index contributed by atoms with van der Waals surface area (Å²) in [4.78, 5) is 35.9. The van der Waals surface area contributed by atoms with Crippen LogP contribution in [0.25, 0.3) is 21.9 Å². The monoisotopic (exact) mass is 401 g/mol. The topological polar surface area (TPSA) is 119 Å². The number of nitrogens with zero attached hydrogens (tertiary/aromatic N) is 1. The molecule has 154 valence electrons. The first-order chi connectivity index (χ1) is 13.5. The summed E-state index contributed by atoms with van der Waals surface area (Å²) in [5, 5.41) is 13.4. The van der Waals surface area contributed by atoms with Crippen LogP contribution in [0.4, 0.5) is 5.69 Å². The number of hydrogen-bond acceptors (Lipinski definition) is 8. The fourth-order valence-corrected chi connectivity index (χ4v) is 3.64. The Bertz CT molecular complexity index is 1160. The van der Waals surface area contributed by atoms with Gasteiger partial charge in [-0.15, -0.1) is 4.91 Å². The molecule has 0 saturated heterocycles. The van der Waals surface area contributed by atoms with Crippen molar-refractivity contribution < 1.29 is 23.5 Å². The molecule has 1 unspecified atom stereocenters. The Morgan fingerprint density at radius 3 is 2.59 bits per heavy atom. The van der Waals surface area contributed by atoms with E-state index in [9.17, 15) is 19.6 Å². The van der Waals surface area contributed by atoms with Crippen molar-refractivity contribution in [2.24, 2.45) is 16.5 Å². The van der Waals surface area contributed by atoms with Gasteiger partial charge in [0.05, 0.1) is 0 Å². The highest BCUT2D eigenvalue weighted by molar-refractivity contribution is 6.09. The van der Waals surface area contributed by atoms with Crippen molar-refractivity contribution >= 4 is 33.6 Å². The average molecular weight is 401 g/mol. The molecule has 2 heterocycles. The van der Waals surface area contributed by atoms with E-state index in [0.717, 1.165) is 6.42 Å². The van der Waals surface area contributed by atoms with Crippen molar-refractivity contribution in [2.45, 2.75) is 47.5 Å². The average Bonchev–Trinajstić information content (AvgIpc) is 2.93. The van der Waals surface area contributed by atoms with Gasteiger partial charge in [0.25, 0.3) is 0 Å². The SMILES string of the molecule is Cc1cc2oc3c(OC(=O)CC(C)CC(C)(C)C)c(O)c(N=O)cc3c2c(=O)o1. The second kappa shape index (κ2) is 7.35. The van der Waals surface area contributed by atoms with E-state index in [0.29, 0.717) is 5.76 Å². The third kappa shape index (κ3) is 4.16. The maximum Gasteiger partial charge on any atom is 0.347 e. The second-order valence-corrected chi connectivity index (χ2v) is 8.58. The lowest BCUT2D eigenvalue weighted by molar-refractivity contribution is -0.135. The van der Waals surface area contributed by atoms with E-state index in [1.54, 1.807) is 6.92 Å². The standard InChI is InChI=1S/C21H23NO7/c1-10(9-21(3,4)5)6-15(23)29-19-17(24)13(22-26)8-12-16-14(28-18(12)19)7-11(2)27-20(16)25/h7-8,10,24H,6,9H2,1-5H3. The summed E-state index contributed by atoms with van der Waals surface area (Å²) < 4.78 is 16.1. The molecule has 3 aromatic rings. The van der Waals surface area contributed by atoms with E-state index in [2.05, 4.69) is 25.9 Å².